The molecule has 0 aromatic heterocycles. The first-order chi connectivity index (χ1) is 9.72. The first kappa shape index (κ1) is 13.7. The van der Waals surface area contributed by atoms with Crippen molar-refractivity contribution in [3.63, 3.8) is 0 Å². The molecule has 0 fully saturated rings. The number of halogens is 1. The number of ether oxygens (including phenoxy) is 1. The Hall–Kier alpha value is -1.32. The minimum absolute atomic E-state index is 0.241. The van der Waals surface area contributed by atoms with Crippen molar-refractivity contribution in [1.82, 2.24) is 5.32 Å². The summed E-state index contributed by atoms with van der Waals surface area (Å²) in [4.78, 5) is 0. The Balaban J connectivity index is 1.55. The quantitative estimate of drug-likeness (QED) is 0.910. The van der Waals surface area contributed by atoms with Crippen LogP contribution in [0.3, 0.4) is 0 Å². The molecule has 2 aromatic rings. The summed E-state index contributed by atoms with van der Waals surface area (Å²) in [5.41, 5.74) is 2.61. The summed E-state index contributed by atoms with van der Waals surface area (Å²) >= 11 is 3.46. The van der Waals surface area contributed by atoms with Gasteiger partial charge in [0.1, 0.15) is 11.9 Å². The fourth-order valence-electron chi connectivity index (χ4n) is 2.55. The van der Waals surface area contributed by atoms with Crippen molar-refractivity contribution in [1.29, 1.82) is 0 Å². The highest BCUT2D eigenvalue weighted by molar-refractivity contribution is 9.10. The van der Waals surface area contributed by atoms with Crippen molar-refractivity contribution in [2.75, 3.05) is 6.54 Å². The van der Waals surface area contributed by atoms with Crippen LogP contribution in [-0.2, 0) is 6.42 Å². The first-order valence-electron chi connectivity index (χ1n) is 6.96. The van der Waals surface area contributed by atoms with E-state index in [9.17, 15) is 0 Å². The van der Waals surface area contributed by atoms with Gasteiger partial charge in [0, 0.05) is 23.5 Å². The highest BCUT2D eigenvalue weighted by Gasteiger charge is 2.22. The summed E-state index contributed by atoms with van der Waals surface area (Å²) in [6.45, 7) is 3.05. The molecule has 0 bridgehead atoms. The van der Waals surface area contributed by atoms with E-state index in [1.807, 2.05) is 12.1 Å². The van der Waals surface area contributed by atoms with E-state index in [1.54, 1.807) is 0 Å². The molecule has 20 heavy (non-hydrogen) atoms. The van der Waals surface area contributed by atoms with Crippen molar-refractivity contribution >= 4 is 15.9 Å². The third-order valence-electron chi connectivity index (χ3n) is 3.74. The predicted molar refractivity (Wildman–Crippen MR) is 85.1 cm³/mol. The van der Waals surface area contributed by atoms with Crippen LogP contribution in [0.15, 0.2) is 53.0 Å². The van der Waals surface area contributed by atoms with Gasteiger partial charge in [-0.05, 0) is 36.2 Å². The van der Waals surface area contributed by atoms with E-state index in [-0.39, 0.29) is 6.10 Å². The maximum atomic E-state index is 5.94. The van der Waals surface area contributed by atoms with Gasteiger partial charge in [0.2, 0.25) is 0 Å². The van der Waals surface area contributed by atoms with Crippen LogP contribution < -0.4 is 10.1 Å². The Morgan fingerprint density at radius 1 is 1.20 bits per heavy atom. The molecule has 2 aromatic carbocycles. The first-order valence-corrected chi connectivity index (χ1v) is 7.75. The summed E-state index contributed by atoms with van der Waals surface area (Å²) in [5, 5.41) is 3.55. The lowest BCUT2D eigenvalue weighted by molar-refractivity contribution is 0.222. The number of hydrogen-bond acceptors (Lipinski definition) is 2. The second kappa shape index (κ2) is 5.98. The lowest BCUT2D eigenvalue weighted by atomic mass is 10.1. The minimum Gasteiger partial charge on any atom is -0.488 e. The van der Waals surface area contributed by atoms with Crippen molar-refractivity contribution in [3.8, 4) is 5.75 Å². The van der Waals surface area contributed by atoms with Gasteiger partial charge in [-0.15, -0.1) is 0 Å². The molecular formula is C17H18BrNO. The third-order valence-corrected chi connectivity index (χ3v) is 4.26. The van der Waals surface area contributed by atoms with Gasteiger partial charge in [0.05, 0.1) is 0 Å². The van der Waals surface area contributed by atoms with Crippen LogP contribution in [0.25, 0.3) is 0 Å². The maximum Gasteiger partial charge on any atom is 0.123 e. The average molecular weight is 332 g/mol. The molecule has 1 heterocycles. The van der Waals surface area contributed by atoms with Gasteiger partial charge >= 0.3 is 0 Å². The van der Waals surface area contributed by atoms with Gasteiger partial charge in [-0.3, -0.25) is 0 Å². The van der Waals surface area contributed by atoms with Gasteiger partial charge in [-0.2, -0.15) is 0 Å². The van der Waals surface area contributed by atoms with E-state index in [4.69, 9.17) is 4.74 Å². The average Bonchev–Trinajstić information content (AvgIpc) is 2.88. The molecule has 0 amide bonds. The predicted octanol–water partition coefficient (Wildman–Crippen LogP) is 4.10. The molecule has 0 aliphatic carbocycles. The largest absolute Gasteiger partial charge is 0.488 e. The number of benzene rings is 2. The Morgan fingerprint density at radius 3 is 2.70 bits per heavy atom. The fraction of sp³-hybridized carbons (Fsp3) is 0.294. The molecule has 1 unspecified atom stereocenters. The molecule has 0 radical (unpaired) electrons. The Kier molecular flexibility index (Phi) is 4.08. The van der Waals surface area contributed by atoms with E-state index < -0.39 is 0 Å². The molecular weight excluding hydrogens is 314 g/mol. The molecule has 2 atom stereocenters. The van der Waals surface area contributed by atoms with Crippen LogP contribution in [-0.4, -0.2) is 12.6 Å². The summed E-state index contributed by atoms with van der Waals surface area (Å²) in [7, 11) is 0. The van der Waals surface area contributed by atoms with Crippen molar-refractivity contribution in [2.24, 2.45) is 0 Å². The molecule has 1 N–H and O–H groups in total. The van der Waals surface area contributed by atoms with Crippen LogP contribution >= 0.6 is 15.9 Å². The molecule has 1 aliphatic heterocycles. The van der Waals surface area contributed by atoms with Crippen molar-refractivity contribution in [2.45, 2.75) is 25.5 Å². The zero-order valence-corrected chi connectivity index (χ0v) is 13.1. The summed E-state index contributed by atoms with van der Waals surface area (Å²) < 4.78 is 7.06. The monoisotopic (exact) mass is 331 g/mol. The smallest absolute Gasteiger partial charge is 0.123 e. The van der Waals surface area contributed by atoms with E-state index in [1.165, 1.54) is 11.1 Å². The molecule has 0 saturated heterocycles. The number of fused-ring (bicyclic) bond motifs is 1. The molecule has 0 saturated carbocycles. The molecule has 3 heteroatoms. The van der Waals surface area contributed by atoms with Gasteiger partial charge in [0.15, 0.2) is 0 Å². The summed E-state index contributed by atoms with van der Waals surface area (Å²) in [5.74, 6) is 1.04. The van der Waals surface area contributed by atoms with Gasteiger partial charge in [0.25, 0.3) is 0 Å². The Bertz CT molecular complexity index is 557. The van der Waals surface area contributed by atoms with Crippen molar-refractivity contribution < 1.29 is 4.74 Å². The van der Waals surface area contributed by atoms with E-state index >= 15 is 0 Å². The molecule has 3 rings (SSSR count). The SMILES string of the molecule is C[C@@H](NCC1Cc2ccccc2O1)c1ccc(Br)cc1. The topological polar surface area (TPSA) is 21.3 Å². The number of rotatable bonds is 4. The van der Waals surface area contributed by atoms with Crippen LogP contribution in [0, 0.1) is 0 Å². The lowest BCUT2D eigenvalue weighted by Gasteiger charge is -2.17. The summed E-state index contributed by atoms with van der Waals surface area (Å²) in [6.07, 6.45) is 1.24. The molecule has 2 nitrogen and oxygen atoms in total. The lowest BCUT2D eigenvalue weighted by Crippen LogP contribution is -2.31. The van der Waals surface area contributed by atoms with Gasteiger partial charge in [-0.25, -0.2) is 0 Å². The van der Waals surface area contributed by atoms with E-state index in [0.29, 0.717) is 6.04 Å². The zero-order valence-electron chi connectivity index (χ0n) is 11.5. The Labute approximate surface area is 128 Å². The van der Waals surface area contributed by atoms with Crippen LogP contribution in [0.4, 0.5) is 0 Å². The number of hydrogen-bond donors (Lipinski definition) is 1. The zero-order chi connectivity index (χ0) is 13.9. The second-order valence-electron chi connectivity index (χ2n) is 5.23. The number of nitrogens with one attached hydrogen (secondary N) is 1. The number of para-hydroxylation sites is 1. The standard InChI is InChI=1S/C17H18BrNO/c1-12(13-6-8-15(18)9-7-13)19-11-16-10-14-4-2-3-5-17(14)20-16/h2-9,12,16,19H,10-11H2,1H3/t12-,16?/m1/s1. The fourth-order valence-corrected chi connectivity index (χ4v) is 2.81. The van der Waals surface area contributed by atoms with Gasteiger partial charge in [-0.1, -0.05) is 46.3 Å². The summed E-state index contributed by atoms with van der Waals surface area (Å²) in [6, 6.07) is 17.1. The molecule has 1 aliphatic rings. The third kappa shape index (κ3) is 3.05. The minimum atomic E-state index is 0.241. The van der Waals surface area contributed by atoms with E-state index in [0.717, 1.165) is 23.2 Å². The Morgan fingerprint density at radius 2 is 1.95 bits per heavy atom. The van der Waals surface area contributed by atoms with Gasteiger partial charge < -0.3 is 10.1 Å². The highest BCUT2D eigenvalue weighted by Crippen LogP contribution is 2.28. The van der Waals surface area contributed by atoms with Crippen LogP contribution in [0.2, 0.25) is 0 Å². The molecule has 104 valence electrons. The van der Waals surface area contributed by atoms with Crippen LogP contribution in [0.1, 0.15) is 24.1 Å². The van der Waals surface area contributed by atoms with Crippen LogP contribution in [0.5, 0.6) is 5.75 Å². The maximum absolute atomic E-state index is 5.94. The van der Waals surface area contributed by atoms with Crippen molar-refractivity contribution in [3.05, 3.63) is 64.1 Å². The highest BCUT2D eigenvalue weighted by atomic mass is 79.9. The normalized spacial score (nSPS) is 18.4. The second-order valence-corrected chi connectivity index (χ2v) is 6.15. The van der Waals surface area contributed by atoms with E-state index in [2.05, 4.69) is 64.6 Å². The molecule has 0 spiro atoms.